The van der Waals surface area contributed by atoms with Crippen LogP contribution in [0.15, 0.2) is 28.7 Å². The Morgan fingerprint density at radius 1 is 1.30 bits per heavy atom. The van der Waals surface area contributed by atoms with E-state index in [1.165, 1.54) is 0 Å². The van der Waals surface area contributed by atoms with E-state index in [0.717, 1.165) is 23.6 Å². The Morgan fingerprint density at radius 3 is 2.87 bits per heavy atom. The molecule has 2 aromatic rings. The quantitative estimate of drug-likeness (QED) is 0.839. The van der Waals surface area contributed by atoms with Gasteiger partial charge in [-0.15, -0.1) is 0 Å². The maximum absolute atomic E-state index is 6.21. The summed E-state index contributed by atoms with van der Waals surface area (Å²) in [5.74, 6) is 1.38. The molecule has 0 aliphatic carbocycles. The fourth-order valence-electron chi connectivity index (χ4n) is 2.63. The number of rotatable bonds is 5. The Kier molecular flexibility index (Phi) is 5.33. The summed E-state index contributed by atoms with van der Waals surface area (Å²) in [6.07, 6.45) is 0.115. The number of hydrogen-bond donors (Lipinski definition) is 0. The number of benzene rings is 1. The second-order valence-corrected chi connectivity index (χ2v) is 6.17. The first-order valence-electron chi connectivity index (χ1n) is 7.72. The molecular weight excluding hydrogens is 316 g/mol. The smallest absolute Gasteiger partial charge is 0.228 e. The minimum atomic E-state index is 0.115. The van der Waals surface area contributed by atoms with Gasteiger partial charge in [0.15, 0.2) is 0 Å². The van der Waals surface area contributed by atoms with E-state index in [1.807, 2.05) is 38.2 Å². The van der Waals surface area contributed by atoms with Crippen LogP contribution in [0.2, 0.25) is 5.02 Å². The van der Waals surface area contributed by atoms with Crippen LogP contribution in [0, 0.1) is 6.92 Å². The second kappa shape index (κ2) is 7.45. The molecule has 1 aliphatic rings. The van der Waals surface area contributed by atoms with Crippen molar-refractivity contribution in [2.45, 2.75) is 19.6 Å². The summed E-state index contributed by atoms with van der Waals surface area (Å²) in [5.41, 5.74) is 1.73. The van der Waals surface area contributed by atoms with Crippen LogP contribution in [-0.2, 0) is 16.0 Å². The molecule has 0 bridgehead atoms. The summed E-state index contributed by atoms with van der Waals surface area (Å²) < 4.78 is 16.9. The molecule has 0 radical (unpaired) electrons. The minimum Gasteiger partial charge on any atom is -0.441 e. The van der Waals surface area contributed by atoms with E-state index in [0.29, 0.717) is 37.3 Å². The summed E-state index contributed by atoms with van der Waals surface area (Å²) in [6.45, 7) is 5.42. The van der Waals surface area contributed by atoms with Gasteiger partial charge in [-0.25, -0.2) is 4.98 Å². The lowest BCUT2D eigenvalue weighted by molar-refractivity contribution is -0.0963. The fraction of sp³-hybridized carbons (Fsp3) is 0.471. The number of likely N-dealkylation sites (N-methyl/N-ethyl adjacent to an activating group) is 1. The van der Waals surface area contributed by atoms with E-state index >= 15 is 0 Å². The molecule has 124 valence electrons. The molecule has 1 saturated heterocycles. The Balaban J connectivity index is 1.67. The highest BCUT2D eigenvalue weighted by Crippen LogP contribution is 2.28. The summed E-state index contributed by atoms with van der Waals surface area (Å²) in [7, 11) is 2.04. The molecule has 3 rings (SSSR count). The molecule has 1 aromatic heterocycles. The van der Waals surface area contributed by atoms with Crippen molar-refractivity contribution in [2.75, 3.05) is 33.4 Å². The van der Waals surface area contributed by atoms with Gasteiger partial charge in [0.2, 0.25) is 5.89 Å². The third kappa shape index (κ3) is 4.12. The van der Waals surface area contributed by atoms with Crippen molar-refractivity contribution in [3.63, 3.8) is 0 Å². The van der Waals surface area contributed by atoms with Crippen LogP contribution in [0.5, 0.6) is 0 Å². The minimum absolute atomic E-state index is 0.115. The molecule has 1 aliphatic heterocycles. The van der Waals surface area contributed by atoms with Crippen molar-refractivity contribution in [3.05, 3.63) is 40.7 Å². The van der Waals surface area contributed by atoms with Gasteiger partial charge >= 0.3 is 0 Å². The first kappa shape index (κ1) is 16.5. The van der Waals surface area contributed by atoms with Crippen LogP contribution in [0.3, 0.4) is 0 Å². The lowest BCUT2D eigenvalue weighted by Crippen LogP contribution is -2.38. The first-order valence-corrected chi connectivity index (χ1v) is 8.10. The molecule has 1 atom stereocenters. The summed E-state index contributed by atoms with van der Waals surface area (Å²) in [5, 5.41) is 0.640. The molecule has 6 heteroatoms. The topological polar surface area (TPSA) is 47.7 Å². The molecule has 0 saturated carbocycles. The molecule has 0 amide bonds. The van der Waals surface area contributed by atoms with Crippen LogP contribution in [-0.4, -0.2) is 49.4 Å². The highest BCUT2D eigenvalue weighted by molar-refractivity contribution is 6.33. The van der Waals surface area contributed by atoms with Crippen molar-refractivity contribution in [1.29, 1.82) is 0 Å². The maximum atomic E-state index is 6.21. The molecular formula is C17H21ClN2O3. The van der Waals surface area contributed by atoms with Gasteiger partial charge in [0.05, 0.1) is 42.2 Å². The van der Waals surface area contributed by atoms with Gasteiger partial charge in [0, 0.05) is 13.1 Å². The number of halogens is 1. The summed E-state index contributed by atoms with van der Waals surface area (Å²) in [6, 6.07) is 7.56. The Hall–Kier alpha value is -1.40. The summed E-state index contributed by atoms with van der Waals surface area (Å²) >= 11 is 6.21. The molecule has 1 fully saturated rings. The van der Waals surface area contributed by atoms with Crippen LogP contribution in [0.4, 0.5) is 0 Å². The predicted octanol–water partition coefficient (Wildman–Crippen LogP) is 3.15. The number of hydrogen-bond acceptors (Lipinski definition) is 5. The zero-order valence-corrected chi connectivity index (χ0v) is 14.2. The number of nitrogens with zero attached hydrogens (tertiary/aromatic N) is 2. The number of aromatic nitrogens is 1. The molecule has 0 spiro atoms. The lowest BCUT2D eigenvalue weighted by Gasteiger charge is -2.27. The van der Waals surface area contributed by atoms with Gasteiger partial charge in [-0.05, 0) is 26.1 Å². The second-order valence-electron chi connectivity index (χ2n) is 5.77. The number of ether oxygens (including phenoxy) is 2. The van der Waals surface area contributed by atoms with E-state index in [-0.39, 0.29) is 6.10 Å². The Morgan fingerprint density at radius 2 is 2.13 bits per heavy atom. The van der Waals surface area contributed by atoms with Crippen LogP contribution < -0.4 is 0 Å². The van der Waals surface area contributed by atoms with Gasteiger partial charge in [-0.2, -0.15) is 0 Å². The van der Waals surface area contributed by atoms with E-state index in [9.17, 15) is 0 Å². The highest BCUT2D eigenvalue weighted by atomic mass is 35.5. The zero-order chi connectivity index (χ0) is 16.2. The predicted molar refractivity (Wildman–Crippen MR) is 88.6 cm³/mol. The standard InChI is InChI=1S/C17H21ClN2O3/c1-12-16(10-20(2)9-13-11-21-7-8-22-13)19-17(23-12)14-5-3-4-6-15(14)18/h3-6,13H,7-11H2,1-2H3/t13-/m0/s1. The van der Waals surface area contributed by atoms with E-state index < -0.39 is 0 Å². The molecule has 0 N–H and O–H groups in total. The van der Waals surface area contributed by atoms with Gasteiger partial charge in [-0.3, -0.25) is 4.90 Å². The van der Waals surface area contributed by atoms with Crippen molar-refractivity contribution in [2.24, 2.45) is 0 Å². The maximum Gasteiger partial charge on any atom is 0.228 e. The van der Waals surface area contributed by atoms with E-state index in [2.05, 4.69) is 9.88 Å². The zero-order valence-electron chi connectivity index (χ0n) is 13.4. The molecule has 5 nitrogen and oxygen atoms in total. The van der Waals surface area contributed by atoms with Crippen LogP contribution in [0.25, 0.3) is 11.5 Å². The molecule has 0 unspecified atom stereocenters. The highest BCUT2D eigenvalue weighted by Gasteiger charge is 2.19. The molecule has 23 heavy (non-hydrogen) atoms. The van der Waals surface area contributed by atoms with Crippen molar-refractivity contribution in [1.82, 2.24) is 9.88 Å². The fourth-order valence-corrected chi connectivity index (χ4v) is 2.85. The number of aryl methyl sites for hydroxylation is 1. The van der Waals surface area contributed by atoms with Crippen molar-refractivity contribution < 1.29 is 13.9 Å². The average molecular weight is 337 g/mol. The van der Waals surface area contributed by atoms with Crippen LogP contribution in [0.1, 0.15) is 11.5 Å². The third-order valence-electron chi connectivity index (χ3n) is 3.82. The first-order chi connectivity index (χ1) is 11.1. The summed E-state index contributed by atoms with van der Waals surface area (Å²) in [4.78, 5) is 6.78. The van der Waals surface area contributed by atoms with E-state index in [4.69, 9.17) is 25.5 Å². The SMILES string of the molecule is Cc1oc(-c2ccccc2Cl)nc1CN(C)C[C@H]1COCCO1. The Bertz CT molecular complexity index is 653. The normalized spacial score (nSPS) is 18.5. The van der Waals surface area contributed by atoms with E-state index in [1.54, 1.807) is 0 Å². The van der Waals surface area contributed by atoms with Gasteiger partial charge in [-0.1, -0.05) is 23.7 Å². The Labute approximate surface area is 141 Å². The largest absolute Gasteiger partial charge is 0.441 e. The number of oxazole rings is 1. The van der Waals surface area contributed by atoms with Gasteiger partial charge < -0.3 is 13.9 Å². The molecule has 2 heterocycles. The van der Waals surface area contributed by atoms with Crippen LogP contribution >= 0.6 is 11.6 Å². The third-order valence-corrected chi connectivity index (χ3v) is 4.15. The van der Waals surface area contributed by atoms with Crippen molar-refractivity contribution in [3.8, 4) is 11.5 Å². The van der Waals surface area contributed by atoms with Crippen molar-refractivity contribution >= 4 is 11.6 Å². The monoisotopic (exact) mass is 336 g/mol. The lowest BCUT2D eigenvalue weighted by atomic mass is 10.2. The van der Waals surface area contributed by atoms with Gasteiger partial charge in [0.25, 0.3) is 0 Å². The average Bonchev–Trinajstić information content (AvgIpc) is 2.89. The van der Waals surface area contributed by atoms with Gasteiger partial charge in [0.1, 0.15) is 5.76 Å². The molecule has 1 aromatic carbocycles.